The molecule has 0 saturated heterocycles. The Labute approximate surface area is 158 Å². The number of nitrogens with zero attached hydrogens (tertiary/aromatic N) is 1. The van der Waals surface area contributed by atoms with Crippen molar-refractivity contribution in [3.05, 3.63) is 0 Å². The Bertz CT molecular complexity index is 258. The fourth-order valence-electron chi connectivity index (χ4n) is 3.45. The molecule has 0 saturated carbocycles. The number of nitrogens with one attached hydrogen (secondary N) is 1. The first-order chi connectivity index (χ1) is 12.2. The molecular formula is C22H47N3. The number of hydrogen-bond acceptors (Lipinski definition) is 2. The Balaban J connectivity index is 3.60. The summed E-state index contributed by atoms with van der Waals surface area (Å²) in [5.74, 6) is 0.319. The number of amidine groups is 1. The van der Waals surface area contributed by atoms with E-state index in [1.807, 2.05) is 0 Å². The lowest BCUT2D eigenvalue weighted by atomic mass is 10.1. The third-order valence-corrected chi connectivity index (χ3v) is 5.05. The molecule has 0 unspecified atom stereocenters. The van der Waals surface area contributed by atoms with Crippen molar-refractivity contribution in [2.75, 3.05) is 19.6 Å². The molecule has 0 fully saturated rings. The van der Waals surface area contributed by atoms with E-state index in [1.165, 1.54) is 103 Å². The van der Waals surface area contributed by atoms with Crippen molar-refractivity contribution < 1.29 is 0 Å². The summed E-state index contributed by atoms with van der Waals surface area (Å²) in [5, 5.41) is 7.58. The molecule has 0 spiro atoms. The average molecular weight is 354 g/mol. The van der Waals surface area contributed by atoms with Gasteiger partial charge >= 0.3 is 0 Å². The van der Waals surface area contributed by atoms with E-state index in [0.29, 0.717) is 12.4 Å². The second kappa shape index (κ2) is 19.8. The first kappa shape index (κ1) is 24.4. The van der Waals surface area contributed by atoms with E-state index in [4.69, 9.17) is 11.1 Å². The molecule has 0 aromatic heterocycles. The molecule has 25 heavy (non-hydrogen) atoms. The predicted octanol–water partition coefficient (Wildman–Crippen LogP) is 6.51. The smallest absolute Gasteiger partial charge is 0.105 e. The second-order valence-electron chi connectivity index (χ2n) is 7.75. The summed E-state index contributed by atoms with van der Waals surface area (Å²) in [6, 6.07) is 0. The molecule has 0 aromatic rings. The molecular weight excluding hydrogens is 306 g/mol. The molecule has 0 atom stereocenters. The lowest BCUT2D eigenvalue weighted by Gasteiger charge is -2.21. The molecule has 0 aliphatic carbocycles. The van der Waals surface area contributed by atoms with Crippen LogP contribution in [0.5, 0.6) is 0 Å². The zero-order valence-corrected chi connectivity index (χ0v) is 17.5. The number of unbranched alkanes of at least 4 members (excludes halogenated alkanes) is 14. The van der Waals surface area contributed by atoms with Gasteiger partial charge in [-0.05, 0) is 25.9 Å². The lowest BCUT2D eigenvalue weighted by Crippen LogP contribution is -2.34. The molecule has 3 N–H and O–H groups in total. The van der Waals surface area contributed by atoms with Crippen molar-refractivity contribution in [3.63, 3.8) is 0 Å². The summed E-state index contributed by atoms with van der Waals surface area (Å²) < 4.78 is 0. The Morgan fingerprint density at radius 2 is 0.920 bits per heavy atom. The molecule has 0 heterocycles. The molecule has 3 nitrogen and oxygen atoms in total. The minimum atomic E-state index is 0.319. The zero-order chi connectivity index (χ0) is 18.6. The Hall–Kier alpha value is -0.570. The van der Waals surface area contributed by atoms with Crippen LogP contribution >= 0.6 is 0 Å². The summed E-state index contributed by atoms with van der Waals surface area (Å²) >= 11 is 0. The maximum Gasteiger partial charge on any atom is 0.105 e. The van der Waals surface area contributed by atoms with Gasteiger partial charge in [-0.25, -0.2) is 0 Å². The van der Waals surface area contributed by atoms with E-state index < -0.39 is 0 Å². The van der Waals surface area contributed by atoms with Crippen molar-refractivity contribution in [1.82, 2.24) is 4.90 Å². The lowest BCUT2D eigenvalue weighted by molar-refractivity contribution is 0.292. The van der Waals surface area contributed by atoms with Crippen molar-refractivity contribution in [2.45, 2.75) is 117 Å². The van der Waals surface area contributed by atoms with Crippen molar-refractivity contribution in [1.29, 1.82) is 5.41 Å². The second-order valence-corrected chi connectivity index (χ2v) is 7.75. The number of hydrogen-bond donors (Lipinski definition) is 2. The summed E-state index contributed by atoms with van der Waals surface area (Å²) in [5.41, 5.74) is 5.63. The van der Waals surface area contributed by atoms with Gasteiger partial charge in [0.1, 0.15) is 5.84 Å². The van der Waals surface area contributed by atoms with Gasteiger partial charge in [-0.15, -0.1) is 0 Å². The molecule has 150 valence electrons. The van der Waals surface area contributed by atoms with Gasteiger partial charge in [0, 0.05) is 0 Å². The van der Waals surface area contributed by atoms with Crippen molar-refractivity contribution >= 4 is 5.84 Å². The highest BCUT2D eigenvalue weighted by atomic mass is 15.1. The quantitative estimate of drug-likeness (QED) is 0.149. The first-order valence-corrected chi connectivity index (χ1v) is 11.3. The van der Waals surface area contributed by atoms with Gasteiger partial charge in [0.2, 0.25) is 0 Å². The third-order valence-electron chi connectivity index (χ3n) is 5.05. The molecule has 0 bridgehead atoms. The van der Waals surface area contributed by atoms with Crippen LogP contribution < -0.4 is 5.73 Å². The number of nitrogens with two attached hydrogens (primary N) is 1. The molecule has 0 aromatic carbocycles. The maximum absolute atomic E-state index is 7.58. The standard InChI is InChI=1S/C22H47N3/c1-3-5-7-9-11-13-15-17-19-25(21-22(23)24)20-18-16-14-12-10-8-6-4-2/h3-21H2,1-2H3,(H3,23,24). The Morgan fingerprint density at radius 1 is 0.600 bits per heavy atom. The maximum atomic E-state index is 7.58. The summed E-state index contributed by atoms with van der Waals surface area (Å²) in [4.78, 5) is 2.40. The van der Waals surface area contributed by atoms with Crippen molar-refractivity contribution in [3.8, 4) is 0 Å². The van der Waals surface area contributed by atoms with Crippen LogP contribution in [0.1, 0.15) is 117 Å². The molecule has 0 aliphatic rings. The molecule has 0 aliphatic heterocycles. The van der Waals surface area contributed by atoms with Crippen LogP contribution in [-0.4, -0.2) is 30.4 Å². The largest absolute Gasteiger partial charge is 0.387 e. The van der Waals surface area contributed by atoms with Crippen LogP contribution in [0.2, 0.25) is 0 Å². The highest BCUT2D eigenvalue weighted by Crippen LogP contribution is 2.11. The summed E-state index contributed by atoms with van der Waals surface area (Å²) in [6.07, 6.45) is 21.8. The third kappa shape index (κ3) is 19.6. The van der Waals surface area contributed by atoms with Crippen LogP contribution in [0.15, 0.2) is 0 Å². The average Bonchev–Trinajstić information content (AvgIpc) is 2.58. The van der Waals surface area contributed by atoms with Gasteiger partial charge in [0.25, 0.3) is 0 Å². The van der Waals surface area contributed by atoms with Crippen LogP contribution in [-0.2, 0) is 0 Å². The number of rotatable bonds is 20. The van der Waals surface area contributed by atoms with Gasteiger partial charge in [-0.2, -0.15) is 0 Å². The van der Waals surface area contributed by atoms with Gasteiger partial charge < -0.3 is 5.73 Å². The molecule has 0 rings (SSSR count). The molecule has 0 amide bonds. The first-order valence-electron chi connectivity index (χ1n) is 11.3. The molecule has 0 radical (unpaired) electrons. The predicted molar refractivity (Wildman–Crippen MR) is 114 cm³/mol. The normalized spacial score (nSPS) is 11.3. The van der Waals surface area contributed by atoms with Crippen LogP contribution in [0, 0.1) is 5.41 Å². The van der Waals surface area contributed by atoms with Crippen LogP contribution in [0.4, 0.5) is 0 Å². The Morgan fingerprint density at radius 3 is 1.24 bits per heavy atom. The highest BCUT2D eigenvalue weighted by molar-refractivity contribution is 5.78. The van der Waals surface area contributed by atoms with Gasteiger partial charge in [-0.3, -0.25) is 10.3 Å². The fraction of sp³-hybridized carbons (Fsp3) is 0.955. The fourth-order valence-corrected chi connectivity index (χ4v) is 3.45. The zero-order valence-electron chi connectivity index (χ0n) is 17.5. The SMILES string of the molecule is CCCCCCCCCCN(CCCCCCCCCC)CC(=N)N. The van der Waals surface area contributed by atoms with Gasteiger partial charge in [-0.1, -0.05) is 104 Å². The minimum absolute atomic E-state index is 0.319. The van der Waals surface area contributed by atoms with E-state index in [0.717, 1.165) is 13.1 Å². The van der Waals surface area contributed by atoms with E-state index in [2.05, 4.69) is 18.7 Å². The van der Waals surface area contributed by atoms with E-state index >= 15 is 0 Å². The van der Waals surface area contributed by atoms with Crippen LogP contribution in [0.3, 0.4) is 0 Å². The van der Waals surface area contributed by atoms with Gasteiger partial charge in [0.05, 0.1) is 6.54 Å². The monoisotopic (exact) mass is 353 g/mol. The topological polar surface area (TPSA) is 53.1 Å². The highest BCUT2D eigenvalue weighted by Gasteiger charge is 2.06. The van der Waals surface area contributed by atoms with E-state index in [9.17, 15) is 0 Å². The molecule has 3 heteroatoms. The van der Waals surface area contributed by atoms with Gasteiger partial charge in [0.15, 0.2) is 0 Å². The van der Waals surface area contributed by atoms with E-state index in [-0.39, 0.29) is 0 Å². The van der Waals surface area contributed by atoms with Crippen molar-refractivity contribution in [2.24, 2.45) is 5.73 Å². The van der Waals surface area contributed by atoms with E-state index in [1.54, 1.807) is 0 Å². The Kier molecular flexibility index (Phi) is 19.3. The summed E-state index contributed by atoms with van der Waals surface area (Å²) in [7, 11) is 0. The minimum Gasteiger partial charge on any atom is -0.387 e. The van der Waals surface area contributed by atoms with Crippen LogP contribution in [0.25, 0.3) is 0 Å². The summed E-state index contributed by atoms with van der Waals surface area (Å²) in [6.45, 7) is 7.44.